The average molecular weight is 232 g/mol. The van der Waals surface area contributed by atoms with Crippen LogP contribution in [0.3, 0.4) is 0 Å². The Labute approximate surface area is 101 Å². The van der Waals surface area contributed by atoms with Gasteiger partial charge in [-0.05, 0) is 61.6 Å². The van der Waals surface area contributed by atoms with E-state index in [1.165, 1.54) is 42.6 Å². The van der Waals surface area contributed by atoms with E-state index in [1.807, 2.05) is 12.1 Å². The summed E-state index contributed by atoms with van der Waals surface area (Å²) in [5, 5.41) is 0.796. The number of rotatable bonds is 1. The number of hydrogen-bond acceptors (Lipinski definition) is 0. The molecule has 0 radical (unpaired) electrons. The fourth-order valence-electron chi connectivity index (χ4n) is 2.47. The minimum atomic E-state index is 0.796. The van der Waals surface area contributed by atoms with Gasteiger partial charge in [-0.25, -0.2) is 0 Å². The highest BCUT2D eigenvalue weighted by atomic mass is 35.5. The Morgan fingerprint density at radius 3 is 2.50 bits per heavy atom. The minimum Gasteiger partial charge on any atom is -0.321 e. The Hall–Kier alpha value is -1.21. The molecule has 0 saturated carbocycles. The van der Waals surface area contributed by atoms with Gasteiger partial charge in [-0.2, -0.15) is 0 Å². The predicted molar refractivity (Wildman–Crippen MR) is 67.4 cm³/mol. The molecule has 2 heteroatoms. The standard InChI is InChI=1S/C14H14ClN/c15-12-5-7-13(8-6-12)16-10-9-11-3-1-2-4-14(11)16/h5-10H,1-4H2. The normalized spacial score (nSPS) is 14.8. The van der Waals surface area contributed by atoms with Crippen LogP contribution in [-0.4, -0.2) is 4.57 Å². The maximum atomic E-state index is 5.91. The lowest BCUT2D eigenvalue weighted by Crippen LogP contribution is -2.06. The van der Waals surface area contributed by atoms with Crippen molar-refractivity contribution in [2.24, 2.45) is 0 Å². The molecule has 0 fully saturated rings. The summed E-state index contributed by atoms with van der Waals surface area (Å²) in [6, 6.07) is 10.3. The molecule has 0 saturated heterocycles. The molecule has 0 amide bonds. The Kier molecular flexibility index (Phi) is 2.49. The largest absolute Gasteiger partial charge is 0.321 e. The van der Waals surface area contributed by atoms with Gasteiger partial charge in [0, 0.05) is 22.6 Å². The quantitative estimate of drug-likeness (QED) is 0.699. The summed E-state index contributed by atoms with van der Waals surface area (Å²) in [7, 11) is 0. The lowest BCUT2D eigenvalue weighted by molar-refractivity contribution is 0.663. The molecule has 0 atom stereocenters. The van der Waals surface area contributed by atoms with Crippen LogP contribution >= 0.6 is 11.6 Å². The third kappa shape index (κ3) is 1.65. The Balaban J connectivity index is 2.06. The molecular formula is C14H14ClN. The fourth-order valence-corrected chi connectivity index (χ4v) is 2.59. The predicted octanol–water partition coefficient (Wildman–Crippen LogP) is 4.01. The van der Waals surface area contributed by atoms with Gasteiger partial charge < -0.3 is 4.57 Å². The summed E-state index contributed by atoms with van der Waals surface area (Å²) >= 11 is 5.91. The SMILES string of the molecule is Clc1ccc(-n2ccc3c2CCCC3)cc1. The smallest absolute Gasteiger partial charge is 0.0453 e. The van der Waals surface area contributed by atoms with Crippen LogP contribution in [0, 0.1) is 0 Å². The van der Waals surface area contributed by atoms with Gasteiger partial charge in [0.05, 0.1) is 0 Å². The van der Waals surface area contributed by atoms with E-state index in [9.17, 15) is 0 Å². The lowest BCUT2D eigenvalue weighted by Gasteiger charge is -2.15. The maximum absolute atomic E-state index is 5.91. The molecule has 1 heterocycles. The summed E-state index contributed by atoms with van der Waals surface area (Å²) < 4.78 is 2.30. The first-order valence-electron chi connectivity index (χ1n) is 5.79. The molecule has 1 nitrogen and oxygen atoms in total. The summed E-state index contributed by atoms with van der Waals surface area (Å²) in [6.45, 7) is 0. The molecule has 0 spiro atoms. The van der Waals surface area contributed by atoms with Crippen molar-refractivity contribution in [2.75, 3.05) is 0 Å². The number of halogens is 1. The molecule has 0 bridgehead atoms. The fraction of sp³-hybridized carbons (Fsp3) is 0.286. The molecule has 1 aliphatic carbocycles. The number of fused-ring (bicyclic) bond motifs is 1. The van der Waals surface area contributed by atoms with Gasteiger partial charge in [0.1, 0.15) is 0 Å². The first kappa shape index (κ1) is 9.98. The monoisotopic (exact) mass is 231 g/mol. The van der Waals surface area contributed by atoms with Crippen LogP contribution in [0.2, 0.25) is 5.02 Å². The molecular weight excluding hydrogens is 218 g/mol. The molecule has 82 valence electrons. The van der Waals surface area contributed by atoms with Crippen LogP contribution in [-0.2, 0) is 12.8 Å². The number of hydrogen-bond donors (Lipinski definition) is 0. The minimum absolute atomic E-state index is 0.796. The van der Waals surface area contributed by atoms with Gasteiger partial charge in [0.15, 0.2) is 0 Å². The molecule has 1 aromatic carbocycles. The van der Waals surface area contributed by atoms with E-state index in [0.717, 1.165) is 5.02 Å². The van der Waals surface area contributed by atoms with Crippen molar-refractivity contribution in [2.45, 2.75) is 25.7 Å². The third-order valence-corrected chi connectivity index (χ3v) is 3.55. The van der Waals surface area contributed by atoms with Gasteiger partial charge in [-0.15, -0.1) is 0 Å². The zero-order valence-corrected chi connectivity index (χ0v) is 9.87. The van der Waals surface area contributed by atoms with Crippen molar-refractivity contribution in [3.63, 3.8) is 0 Å². The summed E-state index contributed by atoms with van der Waals surface area (Å²) in [6.07, 6.45) is 7.25. The first-order valence-corrected chi connectivity index (χ1v) is 6.17. The van der Waals surface area contributed by atoms with Crippen LogP contribution in [0.25, 0.3) is 5.69 Å². The molecule has 2 aromatic rings. The van der Waals surface area contributed by atoms with Gasteiger partial charge >= 0.3 is 0 Å². The Bertz CT molecular complexity index is 496. The van der Waals surface area contributed by atoms with E-state index < -0.39 is 0 Å². The van der Waals surface area contributed by atoms with E-state index in [0.29, 0.717) is 0 Å². The van der Waals surface area contributed by atoms with Gasteiger partial charge in [0.2, 0.25) is 0 Å². The molecule has 16 heavy (non-hydrogen) atoms. The maximum Gasteiger partial charge on any atom is 0.0453 e. The van der Waals surface area contributed by atoms with Crippen LogP contribution in [0.1, 0.15) is 24.1 Å². The second-order valence-electron chi connectivity index (χ2n) is 4.34. The van der Waals surface area contributed by atoms with Crippen LogP contribution in [0.15, 0.2) is 36.5 Å². The van der Waals surface area contributed by atoms with E-state index in [-0.39, 0.29) is 0 Å². The first-order chi connectivity index (χ1) is 7.84. The summed E-state index contributed by atoms with van der Waals surface area (Å²) in [5.41, 5.74) is 4.21. The van der Waals surface area contributed by atoms with Gasteiger partial charge in [0.25, 0.3) is 0 Å². The second kappa shape index (κ2) is 3.99. The third-order valence-electron chi connectivity index (χ3n) is 3.30. The lowest BCUT2D eigenvalue weighted by atomic mass is 9.98. The van der Waals surface area contributed by atoms with Gasteiger partial charge in [-0.1, -0.05) is 11.6 Å². The molecule has 0 aliphatic heterocycles. The Morgan fingerprint density at radius 1 is 0.938 bits per heavy atom. The summed E-state index contributed by atoms with van der Waals surface area (Å²) in [5.74, 6) is 0. The van der Waals surface area contributed by atoms with Crippen molar-refractivity contribution in [3.8, 4) is 5.69 Å². The highest BCUT2D eigenvalue weighted by Gasteiger charge is 2.13. The van der Waals surface area contributed by atoms with Crippen molar-refractivity contribution in [1.82, 2.24) is 4.57 Å². The second-order valence-corrected chi connectivity index (χ2v) is 4.78. The van der Waals surface area contributed by atoms with Crippen LogP contribution in [0.4, 0.5) is 0 Å². The van der Waals surface area contributed by atoms with Crippen LogP contribution < -0.4 is 0 Å². The van der Waals surface area contributed by atoms with Crippen molar-refractivity contribution in [1.29, 1.82) is 0 Å². The zero-order valence-electron chi connectivity index (χ0n) is 9.12. The molecule has 0 N–H and O–H groups in total. The number of nitrogens with zero attached hydrogens (tertiary/aromatic N) is 1. The van der Waals surface area contributed by atoms with Gasteiger partial charge in [-0.3, -0.25) is 0 Å². The highest BCUT2D eigenvalue weighted by molar-refractivity contribution is 6.30. The van der Waals surface area contributed by atoms with Crippen molar-refractivity contribution < 1.29 is 0 Å². The van der Waals surface area contributed by atoms with E-state index in [2.05, 4.69) is 29.0 Å². The van der Waals surface area contributed by atoms with E-state index in [1.54, 1.807) is 0 Å². The van der Waals surface area contributed by atoms with Crippen molar-refractivity contribution in [3.05, 3.63) is 52.8 Å². The molecule has 1 aromatic heterocycles. The number of benzene rings is 1. The Morgan fingerprint density at radius 2 is 1.69 bits per heavy atom. The van der Waals surface area contributed by atoms with E-state index in [4.69, 9.17) is 11.6 Å². The average Bonchev–Trinajstić information content (AvgIpc) is 2.74. The number of aromatic nitrogens is 1. The van der Waals surface area contributed by atoms with Crippen molar-refractivity contribution >= 4 is 11.6 Å². The zero-order chi connectivity index (χ0) is 11.0. The summed E-state index contributed by atoms with van der Waals surface area (Å²) in [4.78, 5) is 0. The highest BCUT2D eigenvalue weighted by Crippen LogP contribution is 2.25. The molecule has 3 rings (SSSR count). The molecule has 0 unspecified atom stereocenters. The van der Waals surface area contributed by atoms with Crippen LogP contribution in [0.5, 0.6) is 0 Å². The number of aryl methyl sites for hydroxylation is 1. The topological polar surface area (TPSA) is 4.93 Å². The molecule has 1 aliphatic rings. The van der Waals surface area contributed by atoms with E-state index >= 15 is 0 Å².